The molecule has 1 aliphatic heterocycles. The number of fused-ring (bicyclic) bond motifs is 1. The van der Waals surface area contributed by atoms with E-state index in [1.807, 2.05) is 23.1 Å². The average molecular weight is 405 g/mol. The van der Waals surface area contributed by atoms with Gasteiger partial charge in [0.2, 0.25) is 5.88 Å². The highest BCUT2D eigenvalue weighted by atomic mass is 19.1. The van der Waals surface area contributed by atoms with Gasteiger partial charge in [0.25, 0.3) is 0 Å². The molecule has 0 spiro atoms. The van der Waals surface area contributed by atoms with Crippen LogP contribution in [0.4, 0.5) is 4.39 Å². The number of pyridine rings is 1. The van der Waals surface area contributed by atoms with E-state index in [0.717, 1.165) is 59.2 Å². The SMILES string of the molecule is COc1nn(C2CCCN(C)C2)cc1-c1cnc2[nH]cc(-c3cccc(F)c3)c2c1. The van der Waals surface area contributed by atoms with Crippen molar-refractivity contribution in [3.05, 3.63) is 54.7 Å². The molecular formula is C23H24FN5O. The van der Waals surface area contributed by atoms with Gasteiger partial charge in [-0.25, -0.2) is 9.37 Å². The molecule has 7 heteroatoms. The zero-order chi connectivity index (χ0) is 20.7. The lowest BCUT2D eigenvalue weighted by atomic mass is 10.0. The maximum absolute atomic E-state index is 13.8. The molecule has 0 radical (unpaired) electrons. The number of nitrogens with one attached hydrogen (secondary N) is 1. The van der Waals surface area contributed by atoms with Gasteiger partial charge >= 0.3 is 0 Å². The van der Waals surface area contributed by atoms with E-state index in [4.69, 9.17) is 9.84 Å². The highest BCUT2D eigenvalue weighted by molar-refractivity contribution is 5.96. The predicted molar refractivity (Wildman–Crippen MR) is 115 cm³/mol. The van der Waals surface area contributed by atoms with Gasteiger partial charge in [0.15, 0.2) is 0 Å². The summed E-state index contributed by atoms with van der Waals surface area (Å²) in [6.45, 7) is 2.10. The Morgan fingerprint density at radius 2 is 2.10 bits per heavy atom. The van der Waals surface area contributed by atoms with E-state index >= 15 is 0 Å². The number of rotatable bonds is 4. The number of aromatic amines is 1. The number of hydrogen-bond acceptors (Lipinski definition) is 4. The lowest BCUT2D eigenvalue weighted by Gasteiger charge is -2.29. The summed E-state index contributed by atoms with van der Waals surface area (Å²) in [5, 5.41) is 5.64. The minimum atomic E-state index is -0.258. The Hall–Kier alpha value is -3.19. The van der Waals surface area contributed by atoms with Gasteiger partial charge in [-0.05, 0) is 50.2 Å². The summed E-state index contributed by atoms with van der Waals surface area (Å²) in [6, 6.07) is 9.00. The van der Waals surface area contributed by atoms with Gasteiger partial charge in [0.05, 0.1) is 18.7 Å². The molecule has 3 aromatic heterocycles. The number of piperidine rings is 1. The Labute approximate surface area is 174 Å². The maximum atomic E-state index is 13.8. The van der Waals surface area contributed by atoms with Crippen LogP contribution in [0.1, 0.15) is 18.9 Å². The Balaban J connectivity index is 1.57. The monoisotopic (exact) mass is 405 g/mol. The molecule has 0 amide bonds. The van der Waals surface area contributed by atoms with Crippen LogP contribution in [0.15, 0.2) is 48.9 Å². The molecule has 1 N–H and O–H groups in total. The second kappa shape index (κ2) is 7.57. The van der Waals surface area contributed by atoms with Gasteiger partial charge in [-0.15, -0.1) is 5.10 Å². The highest BCUT2D eigenvalue weighted by Crippen LogP contribution is 2.35. The summed E-state index contributed by atoms with van der Waals surface area (Å²) in [4.78, 5) is 10.1. The normalized spacial score (nSPS) is 17.5. The molecule has 1 unspecified atom stereocenters. The van der Waals surface area contributed by atoms with Crippen molar-refractivity contribution in [2.75, 3.05) is 27.2 Å². The maximum Gasteiger partial charge on any atom is 0.240 e. The molecule has 30 heavy (non-hydrogen) atoms. The van der Waals surface area contributed by atoms with Crippen molar-refractivity contribution in [1.82, 2.24) is 24.6 Å². The molecule has 4 aromatic rings. The van der Waals surface area contributed by atoms with E-state index in [2.05, 4.69) is 34.2 Å². The van der Waals surface area contributed by atoms with Crippen LogP contribution in [0.3, 0.4) is 0 Å². The molecule has 1 saturated heterocycles. The topological polar surface area (TPSA) is 59.0 Å². The number of benzene rings is 1. The Kier molecular flexibility index (Phi) is 4.75. The molecule has 5 rings (SSSR count). The van der Waals surface area contributed by atoms with Gasteiger partial charge < -0.3 is 14.6 Å². The first-order valence-corrected chi connectivity index (χ1v) is 10.2. The van der Waals surface area contributed by atoms with E-state index in [1.54, 1.807) is 13.2 Å². The fourth-order valence-corrected chi connectivity index (χ4v) is 4.31. The molecule has 1 aliphatic rings. The van der Waals surface area contributed by atoms with E-state index in [1.165, 1.54) is 12.1 Å². The van der Waals surface area contributed by atoms with Gasteiger partial charge in [-0.3, -0.25) is 4.68 Å². The average Bonchev–Trinajstić information content (AvgIpc) is 3.37. The molecular weight excluding hydrogens is 381 g/mol. The number of aromatic nitrogens is 4. The van der Waals surface area contributed by atoms with Crippen LogP contribution >= 0.6 is 0 Å². The number of nitrogens with zero attached hydrogens (tertiary/aromatic N) is 4. The van der Waals surface area contributed by atoms with Crippen molar-refractivity contribution in [3.8, 4) is 28.1 Å². The first-order valence-electron chi connectivity index (χ1n) is 10.2. The number of ether oxygens (including phenoxy) is 1. The zero-order valence-corrected chi connectivity index (χ0v) is 17.1. The molecule has 0 aliphatic carbocycles. The smallest absolute Gasteiger partial charge is 0.240 e. The van der Waals surface area contributed by atoms with Crippen LogP contribution in [0.2, 0.25) is 0 Å². The molecule has 1 aromatic carbocycles. The van der Waals surface area contributed by atoms with Crippen LogP contribution in [0.25, 0.3) is 33.3 Å². The highest BCUT2D eigenvalue weighted by Gasteiger charge is 2.22. The third kappa shape index (κ3) is 3.35. The summed E-state index contributed by atoms with van der Waals surface area (Å²) < 4.78 is 21.4. The summed E-state index contributed by atoms with van der Waals surface area (Å²) >= 11 is 0. The van der Waals surface area contributed by atoms with Crippen LogP contribution in [-0.2, 0) is 0 Å². The standard InChI is InChI=1S/C23H24FN5O/c1-28-8-4-7-18(13-28)29-14-21(23(27-29)30-2)16-10-19-20(12-26-22(19)25-11-16)15-5-3-6-17(24)9-15/h3,5-6,9-12,14,18H,4,7-8,13H2,1-2H3,(H,25,26). The van der Waals surface area contributed by atoms with Crippen LogP contribution in [0, 0.1) is 5.82 Å². The largest absolute Gasteiger partial charge is 0.479 e. The molecule has 154 valence electrons. The third-order valence-corrected chi connectivity index (χ3v) is 5.84. The Bertz CT molecular complexity index is 1200. The van der Waals surface area contributed by atoms with Gasteiger partial charge in [-0.2, -0.15) is 0 Å². The van der Waals surface area contributed by atoms with E-state index in [-0.39, 0.29) is 5.82 Å². The number of likely N-dealkylation sites (tertiary alicyclic amines) is 1. The molecule has 1 atom stereocenters. The second-order valence-electron chi connectivity index (χ2n) is 7.92. The van der Waals surface area contributed by atoms with Crippen LogP contribution in [0.5, 0.6) is 5.88 Å². The van der Waals surface area contributed by atoms with E-state index in [9.17, 15) is 4.39 Å². The molecule has 0 saturated carbocycles. The molecule has 1 fully saturated rings. The number of halogens is 1. The first kappa shape index (κ1) is 18.8. The fourth-order valence-electron chi connectivity index (χ4n) is 4.31. The zero-order valence-electron chi connectivity index (χ0n) is 17.1. The number of likely N-dealkylation sites (N-methyl/N-ethyl adjacent to an activating group) is 1. The van der Waals surface area contributed by atoms with Crippen molar-refractivity contribution < 1.29 is 9.13 Å². The summed E-state index contributed by atoms with van der Waals surface area (Å²) in [6.07, 6.45) is 8.01. The molecule has 4 heterocycles. The predicted octanol–water partition coefficient (Wildman–Crippen LogP) is 4.51. The Morgan fingerprint density at radius 3 is 2.90 bits per heavy atom. The summed E-state index contributed by atoms with van der Waals surface area (Å²) in [5.74, 6) is 0.332. The van der Waals surface area contributed by atoms with Gasteiger partial charge in [-0.1, -0.05) is 12.1 Å². The van der Waals surface area contributed by atoms with E-state index < -0.39 is 0 Å². The van der Waals surface area contributed by atoms with Crippen LogP contribution < -0.4 is 4.74 Å². The minimum Gasteiger partial charge on any atom is -0.479 e. The van der Waals surface area contributed by atoms with Gasteiger partial charge in [0, 0.05) is 41.6 Å². The van der Waals surface area contributed by atoms with Crippen molar-refractivity contribution in [2.45, 2.75) is 18.9 Å². The first-order chi connectivity index (χ1) is 14.6. The molecule has 0 bridgehead atoms. The minimum absolute atomic E-state index is 0.258. The lowest BCUT2D eigenvalue weighted by molar-refractivity contribution is 0.200. The second-order valence-corrected chi connectivity index (χ2v) is 7.92. The molecule has 6 nitrogen and oxygen atoms in total. The Morgan fingerprint density at radius 1 is 1.20 bits per heavy atom. The van der Waals surface area contributed by atoms with Crippen LogP contribution in [-0.4, -0.2) is 51.9 Å². The summed E-state index contributed by atoms with van der Waals surface area (Å²) in [5.41, 5.74) is 4.32. The van der Waals surface area contributed by atoms with Gasteiger partial charge in [0.1, 0.15) is 11.5 Å². The van der Waals surface area contributed by atoms with Crippen molar-refractivity contribution >= 4 is 11.0 Å². The number of H-pyrrole nitrogens is 1. The van der Waals surface area contributed by atoms with E-state index in [0.29, 0.717) is 11.9 Å². The lowest BCUT2D eigenvalue weighted by Crippen LogP contribution is -2.33. The summed E-state index contributed by atoms with van der Waals surface area (Å²) in [7, 11) is 3.79. The number of hydrogen-bond donors (Lipinski definition) is 1. The fraction of sp³-hybridized carbons (Fsp3) is 0.304. The van der Waals surface area contributed by atoms with Crippen molar-refractivity contribution in [3.63, 3.8) is 0 Å². The van der Waals surface area contributed by atoms with Crippen molar-refractivity contribution in [2.24, 2.45) is 0 Å². The van der Waals surface area contributed by atoms with Crippen molar-refractivity contribution in [1.29, 1.82) is 0 Å². The quantitative estimate of drug-likeness (QED) is 0.543. The third-order valence-electron chi connectivity index (χ3n) is 5.84. The number of methoxy groups -OCH3 is 1.